The summed E-state index contributed by atoms with van der Waals surface area (Å²) in [4.78, 5) is 49.8. The van der Waals surface area contributed by atoms with Crippen LogP contribution in [-0.2, 0) is 5.54 Å². The fourth-order valence-corrected chi connectivity index (χ4v) is 2.79. The van der Waals surface area contributed by atoms with Crippen LogP contribution >= 0.6 is 8.38 Å². The van der Waals surface area contributed by atoms with Crippen molar-refractivity contribution in [3.63, 3.8) is 0 Å². The molecule has 2 aromatic rings. The Labute approximate surface area is 162 Å². The van der Waals surface area contributed by atoms with Gasteiger partial charge >= 0.3 is 0 Å². The quantitative estimate of drug-likeness (QED) is 0.294. The van der Waals surface area contributed by atoms with E-state index in [1.807, 2.05) is 0 Å². The molecule has 0 spiro atoms. The number of H-pyrrole nitrogens is 1. The van der Waals surface area contributed by atoms with Gasteiger partial charge in [0.1, 0.15) is 5.56 Å². The molecule has 0 aliphatic heterocycles. The molecule has 0 aliphatic carbocycles. The third kappa shape index (κ3) is 5.04. The topological polar surface area (TPSA) is 167 Å². The van der Waals surface area contributed by atoms with Crippen molar-refractivity contribution in [2.45, 2.75) is 19.4 Å². The SMILES string of the molecule is CC(C)(NC(=O)c1cnc(/C(N)=C/C=C\N)[nH]c1=O)c1ccc(P(O)O)cc1. The molecule has 1 heterocycles. The van der Waals surface area contributed by atoms with E-state index in [4.69, 9.17) is 11.5 Å². The molecular weight excluding hydrogens is 381 g/mol. The third-order valence-electron chi connectivity index (χ3n) is 3.95. The van der Waals surface area contributed by atoms with E-state index in [-0.39, 0.29) is 17.1 Å². The van der Waals surface area contributed by atoms with Crippen molar-refractivity contribution in [1.29, 1.82) is 0 Å². The maximum Gasteiger partial charge on any atom is 0.264 e. The van der Waals surface area contributed by atoms with Crippen LogP contribution in [0.2, 0.25) is 0 Å². The Morgan fingerprint density at radius 3 is 2.46 bits per heavy atom. The summed E-state index contributed by atoms with van der Waals surface area (Å²) in [6.07, 6.45) is 5.39. The molecule has 9 nitrogen and oxygen atoms in total. The van der Waals surface area contributed by atoms with Crippen molar-refractivity contribution >= 4 is 25.3 Å². The summed E-state index contributed by atoms with van der Waals surface area (Å²) < 4.78 is 0. The average Bonchev–Trinajstić information content (AvgIpc) is 2.65. The van der Waals surface area contributed by atoms with Crippen LogP contribution in [0, 0.1) is 0 Å². The highest BCUT2D eigenvalue weighted by molar-refractivity contribution is 7.54. The number of nitrogens with one attached hydrogen (secondary N) is 2. The Bertz CT molecular complexity index is 965. The van der Waals surface area contributed by atoms with Crippen molar-refractivity contribution in [2.24, 2.45) is 11.5 Å². The van der Waals surface area contributed by atoms with E-state index < -0.39 is 25.4 Å². The number of aromatic amines is 1. The lowest BCUT2D eigenvalue weighted by Crippen LogP contribution is -2.43. The Morgan fingerprint density at radius 1 is 1.29 bits per heavy atom. The van der Waals surface area contributed by atoms with Crippen molar-refractivity contribution in [3.05, 3.63) is 76.1 Å². The summed E-state index contributed by atoms with van der Waals surface area (Å²) >= 11 is 0. The van der Waals surface area contributed by atoms with Gasteiger partial charge in [0, 0.05) is 11.5 Å². The number of carbonyl (C=O) groups is 1. The molecular formula is C18H22N5O4P. The van der Waals surface area contributed by atoms with Gasteiger partial charge in [-0.15, -0.1) is 0 Å². The average molecular weight is 403 g/mol. The Hall–Kier alpha value is -3.00. The van der Waals surface area contributed by atoms with Crippen LogP contribution in [0.4, 0.5) is 0 Å². The van der Waals surface area contributed by atoms with Gasteiger partial charge in [0.25, 0.3) is 11.5 Å². The largest absolute Gasteiger partial charge is 0.405 e. The monoisotopic (exact) mass is 403 g/mol. The number of hydrogen-bond acceptors (Lipinski definition) is 7. The number of hydrogen-bond donors (Lipinski definition) is 6. The fourth-order valence-electron chi connectivity index (χ4n) is 2.38. The lowest BCUT2D eigenvalue weighted by atomic mass is 9.94. The molecule has 0 unspecified atom stereocenters. The molecule has 148 valence electrons. The lowest BCUT2D eigenvalue weighted by Gasteiger charge is -2.27. The first-order valence-corrected chi connectivity index (χ1v) is 9.45. The van der Waals surface area contributed by atoms with Gasteiger partial charge in [-0.1, -0.05) is 12.1 Å². The fraction of sp³-hybridized carbons (Fsp3) is 0.167. The number of aromatic nitrogens is 2. The van der Waals surface area contributed by atoms with Gasteiger partial charge in [0.05, 0.1) is 11.2 Å². The van der Waals surface area contributed by atoms with E-state index in [9.17, 15) is 19.4 Å². The zero-order valence-corrected chi connectivity index (χ0v) is 16.3. The van der Waals surface area contributed by atoms with E-state index in [1.165, 1.54) is 18.4 Å². The standard InChI is InChI=1S/C18H22N5O4P/c1-18(2,11-5-7-12(8-6-11)28(26)27)23-17(25)13-10-21-15(22-16(13)24)14(20)4-3-9-19/h3-10,26-27H,19-20H2,1-2H3,(H,23,25)(H,21,22,24)/b9-3-,14-4-. The minimum atomic E-state index is -2.18. The van der Waals surface area contributed by atoms with E-state index in [1.54, 1.807) is 38.1 Å². The molecule has 0 aliphatic rings. The summed E-state index contributed by atoms with van der Waals surface area (Å²) in [5.74, 6) is -0.482. The smallest absolute Gasteiger partial charge is 0.264 e. The molecule has 1 amide bonds. The summed E-state index contributed by atoms with van der Waals surface area (Å²) in [5, 5.41) is 3.16. The summed E-state index contributed by atoms with van der Waals surface area (Å²) in [6.45, 7) is 3.52. The molecule has 1 aromatic heterocycles. The summed E-state index contributed by atoms with van der Waals surface area (Å²) in [6, 6.07) is 6.50. The lowest BCUT2D eigenvalue weighted by molar-refractivity contribution is 0.0910. The number of amides is 1. The zero-order chi connectivity index (χ0) is 20.9. The highest BCUT2D eigenvalue weighted by Crippen LogP contribution is 2.25. The maximum atomic E-state index is 12.6. The Kier molecular flexibility index (Phi) is 6.69. The Balaban J connectivity index is 2.22. The normalized spacial score (nSPS) is 12.5. The summed E-state index contributed by atoms with van der Waals surface area (Å²) in [7, 11) is -2.18. The van der Waals surface area contributed by atoms with Crippen LogP contribution in [0.15, 0.2) is 53.6 Å². The van der Waals surface area contributed by atoms with Crippen molar-refractivity contribution in [3.8, 4) is 0 Å². The van der Waals surface area contributed by atoms with Crippen LogP contribution in [-0.4, -0.2) is 25.7 Å². The molecule has 0 saturated heterocycles. The van der Waals surface area contributed by atoms with Gasteiger partial charge in [-0.3, -0.25) is 9.59 Å². The highest BCUT2D eigenvalue weighted by atomic mass is 31.2. The number of carbonyl (C=O) groups excluding carboxylic acids is 1. The summed E-state index contributed by atoms with van der Waals surface area (Å²) in [5.41, 5.74) is 10.3. The number of benzene rings is 1. The first-order chi connectivity index (χ1) is 13.2. The predicted molar refractivity (Wildman–Crippen MR) is 108 cm³/mol. The van der Waals surface area contributed by atoms with Gasteiger partial charge in [0.2, 0.25) is 0 Å². The molecule has 0 radical (unpaired) electrons. The Morgan fingerprint density at radius 2 is 1.93 bits per heavy atom. The molecule has 1 aromatic carbocycles. The van der Waals surface area contributed by atoms with E-state index >= 15 is 0 Å². The predicted octanol–water partition coefficient (Wildman–Crippen LogP) is 0.129. The molecule has 0 saturated carbocycles. The first-order valence-electron chi connectivity index (χ1n) is 8.20. The molecule has 2 rings (SSSR count). The van der Waals surface area contributed by atoms with Crippen LogP contribution < -0.4 is 27.6 Å². The second-order valence-electron chi connectivity index (χ2n) is 6.40. The molecule has 8 N–H and O–H groups in total. The van der Waals surface area contributed by atoms with E-state index in [0.29, 0.717) is 5.30 Å². The van der Waals surface area contributed by atoms with Crippen LogP contribution in [0.3, 0.4) is 0 Å². The minimum Gasteiger partial charge on any atom is -0.405 e. The molecule has 28 heavy (non-hydrogen) atoms. The van der Waals surface area contributed by atoms with Crippen LogP contribution in [0.5, 0.6) is 0 Å². The minimum absolute atomic E-state index is 0.124. The van der Waals surface area contributed by atoms with Crippen molar-refractivity contribution in [2.75, 3.05) is 0 Å². The third-order valence-corrected chi connectivity index (χ3v) is 4.71. The van der Waals surface area contributed by atoms with Gasteiger partial charge < -0.3 is 31.6 Å². The molecule has 0 atom stereocenters. The number of rotatable bonds is 6. The number of nitrogens with two attached hydrogens (primary N) is 2. The van der Waals surface area contributed by atoms with Crippen molar-refractivity contribution in [1.82, 2.24) is 15.3 Å². The first kappa shape index (κ1) is 21.3. The van der Waals surface area contributed by atoms with Gasteiger partial charge in [-0.2, -0.15) is 0 Å². The maximum absolute atomic E-state index is 12.6. The molecule has 0 fully saturated rings. The van der Waals surface area contributed by atoms with Crippen LogP contribution in [0.1, 0.15) is 35.6 Å². The highest BCUT2D eigenvalue weighted by Gasteiger charge is 2.25. The second-order valence-corrected chi connectivity index (χ2v) is 7.49. The van der Waals surface area contributed by atoms with E-state index in [2.05, 4.69) is 15.3 Å². The van der Waals surface area contributed by atoms with Crippen molar-refractivity contribution < 1.29 is 14.6 Å². The molecule has 10 heteroatoms. The number of nitrogens with zero attached hydrogens (tertiary/aromatic N) is 1. The van der Waals surface area contributed by atoms with E-state index in [0.717, 1.165) is 11.8 Å². The zero-order valence-electron chi connectivity index (χ0n) is 15.4. The number of allylic oxidation sites excluding steroid dienone is 2. The van der Waals surface area contributed by atoms with Crippen LogP contribution in [0.25, 0.3) is 5.70 Å². The van der Waals surface area contributed by atoms with Gasteiger partial charge in [0.15, 0.2) is 14.2 Å². The molecule has 0 bridgehead atoms. The van der Waals surface area contributed by atoms with Gasteiger partial charge in [-0.25, -0.2) is 4.98 Å². The second kappa shape index (κ2) is 8.79. The van der Waals surface area contributed by atoms with Gasteiger partial charge in [-0.05, 0) is 49.9 Å².